The summed E-state index contributed by atoms with van der Waals surface area (Å²) in [4.78, 5) is 24.0. The lowest BCUT2D eigenvalue weighted by Crippen LogP contribution is -2.50. The lowest BCUT2D eigenvalue weighted by molar-refractivity contribution is 0.0240. The van der Waals surface area contributed by atoms with Crippen molar-refractivity contribution >= 4 is 23.5 Å². The molecule has 122 valence electrons. The summed E-state index contributed by atoms with van der Waals surface area (Å²) >= 11 is 5.96. The van der Waals surface area contributed by atoms with Gasteiger partial charge in [0.1, 0.15) is 16.6 Å². The van der Waals surface area contributed by atoms with Crippen LogP contribution in [0, 0.1) is 0 Å². The molecule has 2 heterocycles. The molecule has 0 aromatic carbocycles. The zero-order chi connectivity index (χ0) is 16.3. The molecular weight excluding hydrogens is 308 g/mol. The molecule has 2 rings (SSSR count). The van der Waals surface area contributed by atoms with Gasteiger partial charge >= 0.3 is 12.1 Å². The number of carbonyl (C=O) groups is 1. The average molecular weight is 329 g/mol. The van der Waals surface area contributed by atoms with Crippen molar-refractivity contribution in [2.45, 2.75) is 26.4 Å². The summed E-state index contributed by atoms with van der Waals surface area (Å²) in [5.74, 6) is 0.695. The molecule has 0 radical (unpaired) electrons. The van der Waals surface area contributed by atoms with Gasteiger partial charge in [-0.2, -0.15) is 9.97 Å². The fourth-order valence-electron chi connectivity index (χ4n) is 2.08. The van der Waals surface area contributed by atoms with Crippen LogP contribution in [0.3, 0.4) is 0 Å². The third-order valence-electron chi connectivity index (χ3n) is 3.10. The maximum atomic E-state index is 12.0. The topological polar surface area (TPSA) is 67.8 Å². The standard InChI is InChI=1S/C14H21ClN4O3/c1-14(2,3)22-13(20)19-7-5-18(6-8-19)11-9-10(15)16-12(17-11)21-4/h9H,5-8H2,1-4H3. The van der Waals surface area contributed by atoms with Gasteiger partial charge in [-0.25, -0.2) is 4.79 Å². The summed E-state index contributed by atoms with van der Waals surface area (Å²) in [5.41, 5.74) is -0.484. The predicted octanol–water partition coefficient (Wildman–Crippen LogP) is 2.20. The van der Waals surface area contributed by atoms with E-state index in [9.17, 15) is 4.79 Å². The van der Waals surface area contributed by atoms with E-state index >= 15 is 0 Å². The third-order valence-corrected chi connectivity index (χ3v) is 3.29. The van der Waals surface area contributed by atoms with Gasteiger partial charge in [0, 0.05) is 32.2 Å². The van der Waals surface area contributed by atoms with E-state index in [-0.39, 0.29) is 12.1 Å². The summed E-state index contributed by atoms with van der Waals surface area (Å²) < 4.78 is 10.4. The molecule has 1 aliphatic rings. The van der Waals surface area contributed by atoms with Crippen molar-refractivity contribution in [2.24, 2.45) is 0 Å². The number of carbonyl (C=O) groups excluding carboxylic acids is 1. The third kappa shape index (κ3) is 4.37. The van der Waals surface area contributed by atoms with E-state index in [4.69, 9.17) is 21.1 Å². The van der Waals surface area contributed by atoms with E-state index in [2.05, 4.69) is 9.97 Å². The second-order valence-electron chi connectivity index (χ2n) is 5.99. The van der Waals surface area contributed by atoms with E-state index in [0.717, 1.165) is 0 Å². The Kier molecular flexibility index (Phi) is 4.95. The van der Waals surface area contributed by atoms with E-state index in [1.165, 1.54) is 7.11 Å². The molecule has 1 aromatic heterocycles. The van der Waals surface area contributed by atoms with Gasteiger partial charge in [-0.3, -0.25) is 0 Å². The molecule has 1 saturated heterocycles. The molecule has 0 atom stereocenters. The SMILES string of the molecule is COc1nc(Cl)cc(N2CCN(C(=O)OC(C)(C)C)CC2)n1. The van der Waals surface area contributed by atoms with Gasteiger partial charge in [0.25, 0.3) is 0 Å². The van der Waals surface area contributed by atoms with Crippen molar-refractivity contribution in [3.63, 3.8) is 0 Å². The largest absolute Gasteiger partial charge is 0.467 e. The summed E-state index contributed by atoms with van der Waals surface area (Å²) in [7, 11) is 1.50. The van der Waals surface area contributed by atoms with E-state index in [0.29, 0.717) is 37.1 Å². The van der Waals surface area contributed by atoms with Crippen LogP contribution in [-0.2, 0) is 4.74 Å². The number of amides is 1. The van der Waals surface area contributed by atoms with Crippen LogP contribution >= 0.6 is 11.6 Å². The highest BCUT2D eigenvalue weighted by Crippen LogP contribution is 2.21. The molecule has 0 saturated carbocycles. The summed E-state index contributed by atoms with van der Waals surface area (Å²) in [6.07, 6.45) is -0.287. The number of hydrogen-bond donors (Lipinski definition) is 0. The van der Waals surface area contributed by atoms with Crippen molar-refractivity contribution < 1.29 is 14.3 Å². The Morgan fingerprint density at radius 1 is 1.23 bits per heavy atom. The Morgan fingerprint density at radius 3 is 2.41 bits per heavy atom. The molecular formula is C14H21ClN4O3. The minimum atomic E-state index is -0.484. The molecule has 0 unspecified atom stereocenters. The molecule has 1 amide bonds. The maximum absolute atomic E-state index is 12.0. The summed E-state index contributed by atoms with van der Waals surface area (Å²) in [6.45, 7) is 8.01. The minimum Gasteiger partial charge on any atom is -0.467 e. The first-order valence-corrected chi connectivity index (χ1v) is 7.48. The summed E-state index contributed by atoms with van der Waals surface area (Å²) in [6, 6.07) is 1.92. The van der Waals surface area contributed by atoms with Gasteiger partial charge in [0.15, 0.2) is 0 Å². The minimum absolute atomic E-state index is 0.233. The van der Waals surface area contributed by atoms with Crippen LogP contribution < -0.4 is 9.64 Å². The highest BCUT2D eigenvalue weighted by Gasteiger charge is 2.26. The number of aromatic nitrogens is 2. The lowest BCUT2D eigenvalue weighted by Gasteiger charge is -2.36. The van der Waals surface area contributed by atoms with Crippen molar-refractivity contribution in [1.29, 1.82) is 0 Å². The van der Waals surface area contributed by atoms with Gasteiger partial charge in [-0.15, -0.1) is 0 Å². The fraction of sp³-hybridized carbons (Fsp3) is 0.643. The van der Waals surface area contributed by atoms with Crippen LogP contribution in [-0.4, -0.2) is 59.9 Å². The monoisotopic (exact) mass is 328 g/mol. The van der Waals surface area contributed by atoms with E-state index in [1.54, 1.807) is 11.0 Å². The molecule has 7 nitrogen and oxygen atoms in total. The number of halogens is 1. The molecule has 8 heteroatoms. The normalized spacial score (nSPS) is 15.7. The average Bonchev–Trinajstić information content (AvgIpc) is 2.45. The second-order valence-corrected chi connectivity index (χ2v) is 6.38. The number of piperazine rings is 1. The molecule has 1 aliphatic heterocycles. The van der Waals surface area contributed by atoms with Crippen LogP contribution in [0.25, 0.3) is 0 Å². The van der Waals surface area contributed by atoms with Crippen LogP contribution in [0.1, 0.15) is 20.8 Å². The van der Waals surface area contributed by atoms with Gasteiger partial charge in [0.2, 0.25) is 0 Å². The van der Waals surface area contributed by atoms with E-state index < -0.39 is 5.60 Å². The van der Waals surface area contributed by atoms with Crippen molar-refractivity contribution in [1.82, 2.24) is 14.9 Å². The lowest BCUT2D eigenvalue weighted by atomic mass is 10.2. The highest BCUT2D eigenvalue weighted by molar-refractivity contribution is 6.29. The van der Waals surface area contributed by atoms with Crippen molar-refractivity contribution in [2.75, 3.05) is 38.2 Å². The van der Waals surface area contributed by atoms with Crippen molar-refractivity contribution in [3.8, 4) is 6.01 Å². The van der Waals surface area contributed by atoms with Gasteiger partial charge in [-0.05, 0) is 20.8 Å². The number of nitrogens with zero attached hydrogens (tertiary/aromatic N) is 4. The molecule has 22 heavy (non-hydrogen) atoms. The smallest absolute Gasteiger partial charge is 0.410 e. The quantitative estimate of drug-likeness (QED) is 0.775. The first-order chi connectivity index (χ1) is 10.3. The van der Waals surface area contributed by atoms with Crippen LogP contribution in [0.2, 0.25) is 5.15 Å². The first-order valence-electron chi connectivity index (χ1n) is 7.10. The number of ether oxygens (including phenoxy) is 2. The fourth-order valence-corrected chi connectivity index (χ4v) is 2.25. The summed E-state index contributed by atoms with van der Waals surface area (Å²) in [5, 5.41) is 0.330. The van der Waals surface area contributed by atoms with Gasteiger partial charge in [0.05, 0.1) is 7.11 Å². The molecule has 1 fully saturated rings. The molecule has 0 aliphatic carbocycles. The number of hydrogen-bond acceptors (Lipinski definition) is 6. The van der Waals surface area contributed by atoms with E-state index in [1.807, 2.05) is 25.7 Å². The Bertz CT molecular complexity index is 539. The number of methoxy groups -OCH3 is 1. The maximum Gasteiger partial charge on any atom is 0.410 e. The van der Waals surface area contributed by atoms with Gasteiger partial charge < -0.3 is 19.3 Å². The second kappa shape index (κ2) is 6.56. The Balaban J connectivity index is 1.97. The highest BCUT2D eigenvalue weighted by atomic mass is 35.5. The molecule has 0 spiro atoms. The molecule has 1 aromatic rings. The van der Waals surface area contributed by atoms with Crippen LogP contribution in [0.15, 0.2) is 6.07 Å². The Morgan fingerprint density at radius 2 is 1.86 bits per heavy atom. The molecule has 0 bridgehead atoms. The van der Waals surface area contributed by atoms with Crippen LogP contribution in [0.5, 0.6) is 6.01 Å². The van der Waals surface area contributed by atoms with Crippen molar-refractivity contribution in [3.05, 3.63) is 11.2 Å². The Hall–Kier alpha value is -1.76. The molecule has 0 N–H and O–H groups in total. The number of anilines is 1. The Labute approximate surface area is 135 Å². The zero-order valence-electron chi connectivity index (χ0n) is 13.3. The first kappa shape index (κ1) is 16.6. The number of rotatable bonds is 2. The van der Waals surface area contributed by atoms with Crippen LogP contribution in [0.4, 0.5) is 10.6 Å². The zero-order valence-corrected chi connectivity index (χ0v) is 14.1. The predicted molar refractivity (Wildman–Crippen MR) is 83.6 cm³/mol. The van der Waals surface area contributed by atoms with Gasteiger partial charge in [-0.1, -0.05) is 11.6 Å².